The van der Waals surface area contributed by atoms with E-state index >= 15 is 0 Å². The second kappa shape index (κ2) is 5.73. The van der Waals surface area contributed by atoms with Crippen LogP contribution in [0.1, 0.15) is 51.0 Å². The van der Waals surface area contributed by atoms with Gasteiger partial charge in [0.05, 0.1) is 11.1 Å². The van der Waals surface area contributed by atoms with Gasteiger partial charge in [-0.15, -0.1) is 0 Å². The largest absolute Gasteiger partial charge is 0.273 e. The number of rotatable bonds is 3. The molecule has 0 aliphatic heterocycles. The smallest absolute Gasteiger partial charge is 0.246 e. The number of carbonyl (C=O) groups excluding carboxylic acids is 1. The quantitative estimate of drug-likeness (QED) is 0.613. The summed E-state index contributed by atoms with van der Waals surface area (Å²) in [6.07, 6.45) is 7.30. The molecule has 4 aliphatic rings. The van der Waals surface area contributed by atoms with Crippen LogP contribution in [-0.4, -0.2) is 11.6 Å². The van der Waals surface area contributed by atoms with Gasteiger partial charge in [-0.3, -0.25) is 4.79 Å². The molecule has 0 radical (unpaired) electrons. The van der Waals surface area contributed by atoms with E-state index in [1.54, 1.807) is 0 Å². The molecule has 1 aromatic carbocycles. The first-order chi connectivity index (χ1) is 11.0. The average Bonchev–Trinajstić information content (AvgIpc) is 2.51. The molecule has 4 heteroatoms. The highest BCUT2D eigenvalue weighted by Gasteiger charge is 2.54. The van der Waals surface area contributed by atoms with Crippen molar-refractivity contribution in [3.05, 3.63) is 34.3 Å². The Kier molecular flexibility index (Phi) is 3.83. The number of nitrogens with one attached hydrogen (secondary N) is 1. The summed E-state index contributed by atoms with van der Waals surface area (Å²) < 4.78 is 1.02. The van der Waals surface area contributed by atoms with Gasteiger partial charge in [0.25, 0.3) is 0 Å². The first-order valence-corrected chi connectivity index (χ1v) is 9.44. The topological polar surface area (TPSA) is 41.5 Å². The number of halogens is 1. The van der Waals surface area contributed by atoms with E-state index in [2.05, 4.69) is 26.5 Å². The maximum Gasteiger partial charge on any atom is 0.246 e. The van der Waals surface area contributed by atoms with Crippen LogP contribution in [-0.2, 0) is 4.79 Å². The summed E-state index contributed by atoms with van der Waals surface area (Å²) in [6, 6.07) is 8.01. The van der Waals surface area contributed by atoms with Crippen LogP contribution in [0.3, 0.4) is 0 Å². The Hall–Kier alpha value is -1.16. The van der Waals surface area contributed by atoms with Gasteiger partial charge < -0.3 is 0 Å². The fourth-order valence-corrected chi connectivity index (χ4v) is 5.82. The van der Waals surface area contributed by atoms with Crippen molar-refractivity contribution in [3.63, 3.8) is 0 Å². The van der Waals surface area contributed by atoms with Crippen molar-refractivity contribution < 1.29 is 4.79 Å². The molecule has 1 amide bonds. The van der Waals surface area contributed by atoms with E-state index in [0.29, 0.717) is 0 Å². The monoisotopic (exact) mass is 374 g/mol. The Morgan fingerprint density at radius 1 is 1.17 bits per heavy atom. The molecule has 1 N–H and O–H groups in total. The molecule has 4 saturated carbocycles. The lowest BCUT2D eigenvalue weighted by atomic mass is 9.49. The minimum Gasteiger partial charge on any atom is -0.273 e. The highest BCUT2D eigenvalue weighted by Crippen LogP contribution is 2.60. The van der Waals surface area contributed by atoms with Crippen LogP contribution in [0.4, 0.5) is 0 Å². The second-order valence-corrected chi connectivity index (χ2v) is 8.76. The minimum absolute atomic E-state index is 0.129. The Morgan fingerprint density at radius 2 is 1.78 bits per heavy atom. The van der Waals surface area contributed by atoms with Crippen molar-refractivity contribution in [1.82, 2.24) is 5.43 Å². The zero-order valence-corrected chi connectivity index (χ0v) is 15.1. The number of amides is 1. The van der Waals surface area contributed by atoms with Crippen LogP contribution in [0.15, 0.2) is 33.8 Å². The maximum atomic E-state index is 12.9. The molecule has 0 heterocycles. The molecular formula is C19H23BrN2O. The van der Waals surface area contributed by atoms with Gasteiger partial charge in [-0.2, -0.15) is 5.10 Å². The molecule has 122 valence electrons. The zero-order chi connectivity index (χ0) is 16.0. The van der Waals surface area contributed by atoms with Crippen molar-refractivity contribution in [2.75, 3.05) is 0 Å². The van der Waals surface area contributed by atoms with Crippen LogP contribution < -0.4 is 5.43 Å². The second-order valence-electron chi connectivity index (χ2n) is 7.85. The molecule has 0 spiro atoms. The molecule has 0 unspecified atom stereocenters. The third kappa shape index (κ3) is 2.86. The number of hydrogen-bond donors (Lipinski definition) is 1. The molecule has 0 atom stereocenters. The minimum atomic E-state index is -0.129. The van der Waals surface area contributed by atoms with Gasteiger partial charge in [-0.25, -0.2) is 5.43 Å². The number of hydrazone groups is 1. The summed E-state index contributed by atoms with van der Waals surface area (Å²) in [5.41, 5.74) is 4.65. The molecule has 0 saturated heterocycles. The van der Waals surface area contributed by atoms with Gasteiger partial charge in [0.1, 0.15) is 0 Å². The normalized spacial score (nSPS) is 35.4. The van der Waals surface area contributed by atoms with Crippen molar-refractivity contribution in [1.29, 1.82) is 0 Å². The summed E-state index contributed by atoms with van der Waals surface area (Å²) >= 11 is 3.48. The number of nitrogens with zero attached hydrogens (tertiary/aromatic N) is 1. The fraction of sp³-hybridized carbons (Fsp3) is 0.579. The first kappa shape index (κ1) is 15.4. The van der Waals surface area contributed by atoms with E-state index in [-0.39, 0.29) is 11.3 Å². The highest BCUT2D eigenvalue weighted by atomic mass is 79.9. The van der Waals surface area contributed by atoms with Gasteiger partial charge >= 0.3 is 0 Å². The summed E-state index contributed by atoms with van der Waals surface area (Å²) in [5.74, 6) is 2.50. The molecule has 4 fully saturated rings. The molecular weight excluding hydrogens is 352 g/mol. The summed E-state index contributed by atoms with van der Waals surface area (Å²) in [7, 11) is 0. The first-order valence-electron chi connectivity index (χ1n) is 8.65. The van der Waals surface area contributed by atoms with Crippen molar-refractivity contribution in [2.24, 2.45) is 28.3 Å². The van der Waals surface area contributed by atoms with Crippen LogP contribution in [0, 0.1) is 23.2 Å². The highest BCUT2D eigenvalue weighted by molar-refractivity contribution is 9.10. The van der Waals surface area contributed by atoms with Crippen molar-refractivity contribution in [2.45, 2.75) is 45.4 Å². The van der Waals surface area contributed by atoms with Gasteiger partial charge in [0.2, 0.25) is 5.91 Å². The molecule has 0 aromatic heterocycles. The Morgan fingerprint density at radius 3 is 2.35 bits per heavy atom. The molecule has 4 bridgehead atoms. The number of carbonyl (C=O) groups is 1. The Bertz CT molecular complexity index is 632. The summed E-state index contributed by atoms with van der Waals surface area (Å²) in [6.45, 7) is 1.95. The standard InChI is InChI=1S/C19H23BrN2O/c1-12(16-3-2-4-17(20)8-16)21-22-18(23)19-9-13-5-14(10-19)7-15(6-13)11-19/h2-4,8,13-15H,5-7,9-11H2,1H3,(H,22,23). The third-order valence-electron chi connectivity index (χ3n) is 6.09. The molecule has 23 heavy (non-hydrogen) atoms. The predicted molar refractivity (Wildman–Crippen MR) is 95.1 cm³/mol. The lowest BCUT2D eigenvalue weighted by Crippen LogP contribution is -2.52. The van der Waals surface area contributed by atoms with Crippen LogP contribution in [0.25, 0.3) is 0 Å². The van der Waals surface area contributed by atoms with E-state index in [1.807, 2.05) is 31.2 Å². The molecule has 5 rings (SSSR count). The van der Waals surface area contributed by atoms with Crippen LogP contribution in [0.2, 0.25) is 0 Å². The Labute approximate surface area is 146 Å². The van der Waals surface area contributed by atoms with Gasteiger partial charge in [0, 0.05) is 4.47 Å². The number of hydrogen-bond acceptors (Lipinski definition) is 2. The van der Waals surface area contributed by atoms with E-state index in [4.69, 9.17) is 0 Å². The van der Waals surface area contributed by atoms with Gasteiger partial charge in [-0.05, 0) is 80.9 Å². The maximum absolute atomic E-state index is 12.9. The van der Waals surface area contributed by atoms with Crippen LogP contribution >= 0.6 is 15.9 Å². The van der Waals surface area contributed by atoms with Crippen molar-refractivity contribution >= 4 is 27.5 Å². The van der Waals surface area contributed by atoms with E-state index < -0.39 is 0 Å². The molecule has 1 aromatic rings. The SMILES string of the molecule is CC(=NNC(=O)C12CC3CC(CC(C3)C1)C2)c1cccc(Br)c1. The summed E-state index contributed by atoms with van der Waals surface area (Å²) in [5, 5.41) is 4.39. The van der Waals surface area contributed by atoms with E-state index in [0.717, 1.165) is 52.8 Å². The van der Waals surface area contributed by atoms with Gasteiger partial charge in [-0.1, -0.05) is 28.1 Å². The number of benzene rings is 1. The summed E-state index contributed by atoms with van der Waals surface area (Å²) in [4.78, 5) is 12.9. The predicted octanol–water partition coefficient (Wildman–Crippen LogP) is 4.51. The zero-order valence-electron chi connectivity index (χ0n) is 13.5. The van der Waals surface area contributed by atoms with E-state index in [9.17, 15) is 4.79 Å². The third-order valence-corrected chi connectivity index (χ3v) is 6.58. The lowest BCUT2D eigenvalue weighted by Gasteiger charge is -2.55. The van der Waals surface area contributed by atoms with Crippen molar-refractivity contribution in [3.8, 4) is 0 Å². The molecule has 4 aliphatic carbocycles. The Balaban J connectivity index is 1.49. The molecule has 3 nitrogen and oxygen atoms in total. The fourth-order valence-electron chi connectivity index (χ4n) is 5.42. The lowest BCUT2D eigenvalue weighted by molar-refractivity contribution is -0.146. The average molecular weight is 375 g/mol. The van der Waals surface area contributed by atoms with Crippen LogP contribution in [0.5, 0.6) is 0 Å². The van der Waals surface area contributed by atoms with E-state index in [1.165, 1.54) is 19.3 Å². The van der Waals surface area contributed by atoms with Gasteiger partial charge in [0.15, 0.2) is 0 Å².